The van der Waals surface area contributed by atoms with Crippen molar-refractivity contribution in [1.82, 2.24) is 9.55 Å². The maximum Gasteiger partial charge on any atom is 0.169 e. The number of ether oxygens (including phenoxy) is 1. The molecule has 0 saturated carbocycles. The van der Waals surface area contributed by atoms with E-state index in [-0.39, 0.29) is 0 Å². The van der Waals surface area contributed by atoms with Gasteiger partial charge in [0.05, 0.1) is 18.1 Å². The first-order chi connectivity index (χ1) is 7.38. The summed E-state index contributed by atoms with van der Waals surface area (Å²) >= 11 is 1.84. The van der Waals surface area contributed by atoms with Crippen LogP contribution in [0.2, 0.25) is 0 Å². The number of aryl methyl sites for hydroxylation is 1. The summed E-state index contributed by atoms with van der Waals surface area (Å²) in [5.41, 5.74) is 2.26. The first-order valence-corrected chi connectivity index (χ1v) is 6.04. The third-order valence-electron chi connectivity index (χ3n) is 2.68. The molecule has 1 aromatic heterocycles. The fourth-order valence-corrected chi connectivity index (χ4v) is 2.89. The van der Waals surface area contributed by atoms with Gasteiger partial charge in [0, 0.05) is 18.4 Å². The molecule has 0 saturated heterocycles. The monoisotopic (exact) mass is 220 g/mol. The van der Waals surface area contributed by atoms with E-state index in [1.54, 1.807) is 7.11 Å². The fraction of sp³-hybridized carbons (Fsp3) is 0.364. The van der Waals surface area contributed by atoms with Gasteiger partial charge in [-0.2, -0.15) is 0 Å². The Hall–Kier alpha value is -1.16. The largest absolute Gasteiger partial charge is 0.497 e. The Kier molecular flexibility index (Phi) is 2.09. The second kappa shape index (κ2) is 3.45. The zero-order valence-corrected chi connectivity index (χ0v) is 9.38. The van der Waals surface area contributed by atoms with Crippen LogP contribution in [-0.4, -0.2) is 22.4 Å². The maximum absolute atomic E-state index is 5.20. The van der Waals surface area contributed by atoms with Crippen LogP contribution in [0.4, 0.5) is 0 Å². The van der Waals surface area contributed by atoms with Crippen LogP contribution in [-0.2, 0) is 6.54 Å². The number of aromatic nitrogens is 2. The molecule has 4 heteroatoms. The first kappa shape index (κ1) is 9.09. The molecule has 0 fully saturated rings. The van der Waals surface area contributed by atoms with Gasteiger partial charge in [-0.1, -0.05) is 11.8 Å². The lowest BCUT2D eigenvalue weighted by Crippen LogP contribution is -2.06. The van der Waals surface area contributed by atoms with Crippen molar-refractivity contribution in [2.75, 3.05) is 12.9 Å². The molecule has 1 aromatic carbocycles. The molecule has 2 heterocycles. The van der Waals surface area contributed by atoms with Gasteiger partial charge in [0.1, 0.15) is 5.75 Å². The predicted molar refractivity (Wildman–Crippen MR) is 61.6 cm³/mol. The average Bonchev–Trinajstić information content (AvgIpc) is 2.66. The van der Waals surface area contributed by atoms with E-state index >= 15 is 0 Å². The van der Waals surface area contributed by atoms with Crippen molar-refractivity contribution in [3.05, 3.63) is 18.2 Å². The number of benzene rings is 1. The molecule has 0 aliphatic carbocycles. The molecule has 1 aliphatic heterocycles. The van der Waals surface area contributed by atoms with Crippen LogP contribution in [0.15, 0.2) is 23.4 Å². The van der Waals surface area contributed by atoms with Gasteiger partial charge in [-0.05, 0) is 18.6 Å². The van der Waals surface area contributed by atoms with E-state index < -0.39 is 0 Å². The lowest BCUT2D eigenvalue weighted by atomic mass is 10.3. The van der Waals surface area contributed by atoms with Gasteiger partial charge in [0.15, 0.2) is 5.16 Å². The molecule has 3 nitrogen and oxygen atoms in total. The third kappa shape index (κ3) is 1.40. The van der Waals surface area contributed by atoms with Crippen LogP contribution in [0.5, 0.6) is 5.75 Å². The topological polar surface area (TPSA) is 27.1 Å². The highest BCUT2D eigenvalue weighted by atomic mass is 32.2. The molecule has 78 valence electrons. The smallest absolute Gasteiger partial charge is 0.169 e. The highest BCUT2D eigenvalue weighted by molar-refractivity contribution is 7.99. The minimum Gasteiger partial charge on any atom is -0.497 e. The SMILES string of the molecule is COc1ccc2c(c1)nc1n2CCCS1. The summed E-state index contributed by atoms with van der Waals surface area (Å²) in [4.78, 5) is 4.61. The Morgan fingerprint density at radius 1 is 1.47 bits per heavy atom. The molecule has 0 N–H and O–H groups in total. The zero-order chi connectivity index (χ0) is 10.3. The van der Waals surface area contributed by atoms with E-state index in [1.807, 2.05) is 23.9 Å². The van der Waals surface area contributed by atoms with Gasteiger partial charge in [0.25, 0.3) is 0 Å². The minimum atomic E-state index is 0.878. The Labute approximate surface area is 92.4 Å². The van der Waals surface area contributed by atoms with Crippen molar-refractivity contribution in [2.24, 2.45) is 0 Å². The zero-order valence-electron chi connectivity index (χ0n) is 8.56. The summed E-state index contributed by atoms with van der Waals surface area (Å²) in [6.45, 7) is 1.09. The molecule has 15 heavy (non-hydrogen) atoms. The van der Waals surface area contributed by atoms with Crippen molar-refractivity contribution in [3.8, 4) is 5.75 Å². The van der Waals surface area contributed by atoms with Gasteiger partial charge >= 0.3 is 0 Å². The summed E-state index contributed by atoms with van der Waals surface area (Å²) in [6.07, 6.45) is 1.23. The van der Waals surface area contributed by atoms with Crippen molar-refractivity contribution in [1.29, 1.82) is 0 Å². The van der Waals surface area contributed by atoms with Crippen LogP contribution in [0.1, 0.15) is 6.42 Å². The summed E-state index contributed by atoms with van der Waals surface area (Å²) in [6, 6.07) is 6.09. The molecule has 0 spiro atoms. The predicted octanol–water partition coefficient (Wildman–Crippen LogP) is 2.54. The molecule has 0 amide bonds. The molecular formula is C11H12N2OS. The third-order valence-corrected chi connectivity index (χ3v) is 3.74. The number of imidazole rings is 1. The van der Waals surface area contributed by atoms with Crippen molar-refractivity contribution >= 4 is 22.8 Å². The summed E-state index contributed by atoms with van der Waals surface area (Å²) in [7, 11) is 1.69. The molecule has 0 atom stereocenters. The number of thioether (sulfide) groups is 1. The lowest BCUT2D eigenvalue weighted by molar-refractivity contribution is 0.415. The number of hydrogen-bond acceptors (Lipinski definition) is 3. The fourth-order valence-electron chi connectivity index (χ4n) is 1.93. The van der Waals surface area contributed by atoms with Gasteiger partial charge in [-0.25, -0.2) is 4.98 Å². The summed E-state index contributed by atoms with van der Waals surface area (Å²) in [5.74, 6) is 2.06. The van der Waals surface area contributed by atoms with E-state index in [2.05, 4.69) is 15.6 Å². The van der Waals surface area contributed by atoms with Crippen LogP contribution in [0, 0.1) is 0 Å². The van der Waals surface area contributed by atoms with Gasteiger partial charge < -0.3 is 9.30 Å². The maximum atomic E-state index is 5.20. The number of methoxy groups -OCH3 is 1. The molecule has 0 bridgehead atoms. The van der Waals surface area contributed by atoms with Crippen molar-refractivity contribution in [2.45, 2.75) is 18.1 Å². The van der Waals surface area contributed by atoms with E-state index in [1.165, 1.54) is 17.7 Å². The van der Waals surface area contributed by atoms with E-state index in [0.29, 0.717) is 0 Å². The number of nitrogens with zero attached hydrogens (tertiary/aromatic N) is 2. The first-order valence-electron chi connectivity index (χ1n) is 5.05. The summed E-state index contributed by atoms with van der Waals surface area (Å²) < 4.78 is 7.49. The number of hydrogen-bond donors (Lipinski definition) is 0. The average molecular weight is 220 g/mol. The highest BCUT2D eigenvalue weighted by Gasteiger charge is 2.14. The van der Waals surface area contributed by atoms with Crippen molar-refractivity contribution < 1.29 is 4.74 Å². The number of fused-ring (bicyclic) bond motifs is 3. The molecule has 0 radical (unpaired) electrons. The Morgan fingerprint density at radius 3 is 3.27 bits per heavy atom. The van der Waals surface area contributed by atoms with Crippen LogP contribution >= 0.6 is 11.8 Å². The lowest BCUT2D eigenvalue weighted by Gasteiger charge is -2.13. The van der Waals surface area contributed by atoms with E-state index in [9.17, 15) is 0 Å². The normalized spacial score (nSPS) is 15.3. The Bertz CT molecular complexity index is 507. The van der Waals surface area contributed by atoms with Crippen LogP contribution in [0.3, 0.4) is 0 Å². The van der Waals surface area contributed by atoms with E-state index in [0.717, 1.165) is 23.0 Å². The second-order valence-corrected chi connectivity index (χ2v) is 4.66. The highest BCUT2D eigenvalue weighted by Crippen LogP contribution is 2.30. The van der Waals surface area contributed by atoms with Crippen LogP contribution < -0.4 is 4.74 Å². The minimum absolute atomic E-state index is 0.878. The van der Waals surface area contributed by atoms with Crippen molar-refractivity contribution in [3.63, 3.8) is 0 Å². The van der Waals surface area contributed by atoms with E-state index in [4.69, 9.17) is 4.74 Å². The second-order valence-electron chi connectivity index (χ2n) is 3.60. The molecule has 3 rings (SSSR count). The Balaban J connectivity index is 2.22. The summed E-state index contributed by atoms with van der Waals surface area (Å²) in [5, 5.41) is 1.14. The molecule has 1 aliphatic rings. The quantitative estimate of drug-likeness (QED) is 0.739. The number of rotatable bonds is 1. The molecule has 2 aromatic rings. The standard InChI is InChI=1S/C11H12N2OS/c1-14-8-3-4-10-9(7-8)12-11-13(10)5-2-6-15-11/h3-4,7H,2,5-6H2,1H3. The van der Waals surface area contributed by atoms with Gasteiger partial charge in [-0.3, -0.25) is 0 Å². The van der Waals surface area contributed by atoms with Crippen LogP contribution in [0.25, 0.3) is 11.0 Å². The van der Waals surface area contributed by atoms with Gasteiger partial charge in [-0.15, -0.1) is 0 Å². The molecule has 0 unspecified atom stereocenters. The Morgan fingerprint density at radius 2 is 2.40 bits per heavy atom. The molecular weight excluding hydrogens is 208 g/mol. The van der Waals surface area contributed by atoms with Gasteiger partial charge in [0.2, 0.25) is 0 Å².